The molecule has 2 fully saturated rings. The largest absolute Gasteiger partial charge is 0.410 e. The van der Waals surface area contributed by atoms with E-state index >= 15 is 0 Å². The Bertz CT molecular complexity index is 429. The molecule has 21 heavy (non-hydrogen) atoms. The smallest absolute Gasteiger partial charge is 0.192 e. The van der Waals surface area contributed by atoms with E-state index in [1.807, 2.05) is 0 Å². The molecule has 3 rings (SSSR count). The van der Waals surface area contributed by atoms with Gasteiger partial charge in [-0.1, -0.05) is 32.9 Å². The van der Waals surface area contributed by atoms with Crippen LogP contribution in [0.5, 0.6) is 0 Å². The molecule has 0 aromatic carbocycles. The summed E-state index contributed by atoms with van der Waals surface area (Å²) in [5.74, 6) is 0.620. The molecule has 0 bridgehead atoms. The topological polar surface area (TPSA) is 30.5 Å². The van der Waals surface area contributed by atoms with Crippen LogP contribution < -0.4 is 5.32 Å². The van der Waals surface area contributed by atoms with Crippen LogP contribution in [-0.2, 0) is 9.16 Å². The number of nitrogens with one attached hydrogen (secondary N) is 1. The summed E-state index contributed by atoms with van der Waals surface area (Å²) in [4.78, 5) is 0. The summed E-state index contributed by atoms with van der Waals surface area (Å²) < 4.78 is 13.0. The molecule has 120 valence electrons. The molecule has 4 heteroatoms. The molecule has 0 radical (unpaired) electrons. The van der Waals surface area contributed by atoms with Gasteiger partial charge in [0.1, 0.15) is 6.23 Å². The van der Waals surface area contributed by atoms with Gasteiger partial charge in [0.25, 0.3) is 0 Å². The van der Waals surface area contributed by atoms with Crippen molar-refractivity contribution >= 4 is 8.32 Å². The summed E-state index contributed by atoms with van der Waals surface area (Å²) in [5.41, 5.74) is 0.169. The normalized spacial score (nSPS) is 40.0. The lowest BCUT2D eigenvalue weighted by molar-refractivity contribution is -0.0641. The molecule has 0 aromatic heterocycles. The third-order valence-electron chi connectivity index (χ3n) is 6.32. The van der Waals surface area contributed by atoms with Gasteiger partial charge in [-0.15, -0.1) is 0 Å². The summed E-state index contributed by atoms with van der Waals surface area (Å²) in [7, 11) is -1.77. The van der Waals surface area contributed by atoms with Gasteiger partial charge in [-0.3, -0.25) is 5.32 Å². The van der Waals surface area contributed by atoms with E-state index in [9.17, 15) is 0 Å². The first-order valence-electron chi connectivity index (χ1n) is 8.47. The average Bonchev–Trinajstić information content (AvgIpc) is 2.78. The maximum absolute atomic E-state index is 6.85. The van der Waals surface area contributed by atoms with Crippen LogP contribution in [0.25, 0.3) is 0 Å². The molecule has 0 amide bonds. The van der Waals surface area contributed by atoms with Crippen molar-refractivity contribution in [1.82, 2.24) is 5.32 Å². The van der Waals surface area contributed by atoms with Gasteiger partial charge in [-0.2, -0.15) is 0 Å². The van der Waals surface area contributed by atoms with Crippen molar-refractivity contribution in [3.8, 4) is 0 Å². The maximum Gasteiger partial charge on any atom is 0.192 e. The fraction of sp³-hybridized carbons (Fsp3) is 0.882. The van der Waals surface area contributed by atoms with Crippen molar-refractivity contribution in [3.63, 3.8) is 0 Å². The number of allylic oxidation sites excluding steroid dienone is 1. The van der Waals surface area contributed by atoms with E-state index in [0.29, 0.717) is 5.92 Å². The summed E-state index contributed by atoms with van der Waals surface area (Å²) in [6.45, 7) is 13.7. The molecule has 0 aromatic rings. The second-order valence-corrected chi connectivity index (χ2v) is 13.3. The molecule has 1 aliphatic carbocycles. The Kier molecular flexibility index (Phi) is 3.88. The van der Waals surface area contributed by atoms with Crippen molar-refractivity contribution in [3.05, 3.63) is 12.2 Å². The highest BCUT2D eigenvalue weighted by molar-refractivity contribution is 6.74. The highest BCUT2D eigenvalue weighted by Crippen LogP contribution is 2.54. The number of ether oxygens (including phenoxy) is 1. The highest BCUT2D eigenvalue weighted by Gasteiger charge is 2.59. The fourth-order valence-corrected chi connectivity index (χ4v) is 5.24. The monoisotopic (exact) mass is 309 g/mol. The molecule has 2 heterocycles. The molecule has 1 spiro atoms. The first kappa shape index (κ1) is 15.7. The Morgan fingerprint density at radius 1 is 1.33 bits per heavy atom. The first-order valence-corrected chi connectivity index (χ1v) is 11.4. The number of piperidine rings is 1. The van der Waals surface area contributed by atoms with E-state index in [4.69, 9.17) is 9.16 Å². The molecule has 0 saturated carbocycles. The van der Waals surface area contributed by atoms with Crippen LogP contribution in [0.1, 0.15) is 40.0 Å². The van der Waals surface area contributed by atoms with E-state index in [-0.39, 0.29) is 22.8 Å². The second-order valence-electron chi connectivity index (χ2n) is 8.54. The fourth-order valence-electron chi connectivity index (χ4n) is 3.95. The zero-order valence-corrected chi connectivity index (χ0v) is 15.2. The van der Waals surface area contributed by atoms with Gasteiger partial charge in [0.15, 0.2) is 8.32 Å². The van der Waals surface area contributed by atoms with E-state index in [1.54, 1.807) is 0 Å². The predicted octanol–water partition coefficient (Wildman–Crippen LogP) is 3.68. The lowest BCUT2D eigenvalue weighted by Crippen LogP contribution is -2.59. The van der Waals surface area contributed by atoms with E-state index in [1.165, 1.54) is 12.8 Å². The SMILES string of the molecule is CC(C)(C)[Si](C)(C)O[C@@H]1C=CC[C@@H]2CO[C@@H]3NCCC[C@]213. The summed E-state index contributed by atoms with van der Waals surface area (Å²) in [5, 5.41) is 3.86. The molecule has 3 aliphatic rings. The molecule has 4 atom stereocenters. The van der Waals surface area contributed by atoms with E-state index in [0.717, 1.165) is 19.6 Å². The summed E-state index contributed by atoms with van der Waals surface area (Å²) in [6.07, 6.45) is 8.70. The van der Waals surface area contributed by atoms with E-state index < -0.39 is 8.32 Å². The van der Waals surface area contributed by atoms with Crippen LogP contribution in [0.3, 0.4) is 0 Å². The Hall–Kier alpha value is -0.163. The van der Waals surface area contributed by atoms with Crippen LogP contribution in [-0.4, -0.2) is 33.8 Å². The van der Waals surface area contributed by atoms with Gasteiger partial charge in [0.2, 0.25) is 0 Å². The molecule has 2 aliphatic heterocycles. The minimum absolute atomic E-state index is 0.169. The summed E-state index contributed by atoms with van der Waals surface area (Å²) >= 11 is 0. The quantitative estimate of drug-likeness (QED) is 0.623. The van der Waals surface area contributed by atoms with Crippen molar-refractivity contribution in [2.75, 3.05) is 13.2 Å². The number of hydrogen-bond donors (Lipinski definition) is 1. The van der Waals surface area contributed by atoms with E-state index in [2.05, 4.69) is 51.3 Å². The van der Waals surface area contributed by atoms with Gasteiger partial charge in [0, 0.05) is 5.41 Å². The van der Waals surface area contributed by atoms with Crippen LogP contribution in [0.4, 0.5) is 0 Å². The minimum Gasteiger partial charge on any atom is -0.410 e. The van der Waals surface area contributed by atoms with Crippen molar-refractivity contribution < 1.29 is 9.16 Å². The average molecular weight is 310 g/mol. The lowest BCUT2D eigenvalue weighted by Gasteiger charge is -2.51. The van der Waals surface area contributed by atoms with Crippen LogP contribution in [0, 0.1) is 11.3 Å². The van der Waals surface area contributed by atoms with Gasteiger partial charge in [0.05, 0.1) is 12.7 Å². The Labute approximate surface area is 130 Å². The molecule has 3 nitrogen and oxygen atoms in total. The number of rotatable bonds is 2. The van der Waals surface area contributed by atoms with Crippen LogP contribution in [0.2, 0.25) is 18.1 Å². The zero-order chi connectivity index (χ0) is 15.3. The van der Waals surface area contributed by atoms with Crippen LogP contribution in [0.15, 0.2) is 12.2 Å². The molecule has 0 unspecified atom stereocenters. The van der Waals surface area contributed by atoms with Gasteiger partial charge in [-0.25, -0.2) is 0 Å². The van der Waals surface area contributed by atoms with Gasteiger partial charge >= 0.3 is 0 Å². The second kappa shape index (κ2) is 5.19. The Morgan fingerprint density at radius 2 is 2.10 bits per heavy atom. The first-order chi connectivity index (χ1) is 9.77. The van der Waals surface area contributed by atoms with Crippen molar-refractivity contribution in [1.29, 1.82) is 0 Å². The Balaban J connectivity index is 1.90. The van der Waals surface area contributed by atoms with Gasteiger partial charge < -0.3 is 9.16 Å². The summed E-state index contributed by atoms with van der Waals surface area (Å²) in [6, 6.07) is 0. The predicted molar refractivity (Wildman–Crippen MR) is 88.7 cm³/mol. The molecule has 1 N–H and O–H groups in total. The number of hydrogen-bond acceptors (Lipinski definition) is 3. The zero-order valence-electron chi connectivity index (χ0n) is 14.2. The maximum atomic E-state index is 6.85. The van der Waals surface area contributed by atoms with Crippen molar-refractivity contribution in [2.45, 2.75) is 70.5 Å². The third-order valence-corrected chi connectivity index (χ3v) is 10.8. The van der Waals surface area contributed by atoms with Crippen molar-refractivity contribution in [2.24, 2.45) is 11.3 Å². The standard InChI is InChI=1S/C17H31NO2Si/c1-16(2,3)21(4,5)20-14-9-6-8-13-12-19-15-17(13,14)10-7-11-18-15/h6,9,13-15,18H,7-8,10-12H2,1-5H3/t13-,14-,15+,17+/m1/s1. The van der Waals surface area contributed by atoms with Gasteiger partial charge in [-0.05, 0) is 49.9 Å². The molecular weight excluding hydrogens is 278 g/mol. The molecule has 2 saturated heterocycles. The minimum atomic E-state index is -1.77. The highest BCUT2D eigenvalue weighted by atomic mass is 28.4. The third kappa shape index (κ3) is 2.44. The van der Waals surface area contributed by atoms with Crippen LogP contribution >= 0.6 is 0 Å². The Morgan fingerprint density at radius 3 is 2.81 bits per heavy atom. The lowest BCUT2D eigenvalue weighted by atomic mass is 9.64. The molecular formula is C17H31NO2Si.